The van der Waals surface area contributed by atoms with Gasteiger partial charge in [0.1, 0.15) is 0 Å². The maximum atomic E-state index is 12.0. The van der Waals surface area contributed by atoms with Crippen molar-refractivity contribution in [3.8, 4) is 0 Å². The van der Waals surface area contributed by atoms with Crippen LogP contribution in [0.25, 0.3) is 10.8 Å². The number of nitrogens with two attached hydrogens (primary N) is 1. The quantitative estimate of drug-likeness (QED) is 0.581. The lowest BCUT2D eigenvalue weighted by Crippen LogP contribution is -2.41. The zero-order chi connectivity index (χ0) is 20.9. The molecule has 3 N–H and O–H groups in total. The Kier molecular flexibility index (Phi) is 6.55. The molecular formula is C25H30N2O2. The molecule has 0 aliphatic rings. The van der Waals surface area contributed by atoms with E-state index in [-0.39, 0.29) is 17.5 Å². The summed E-state index contributed by atoms with van der Waals surface area (Å²) in [5, 5.41) is 5.21. The molecule has 0 radical (unpaired) electrons. The number of alkyl carbamates (subject to hydrolysis) is 1. The van der Waals surface area contributed by atoms with Crippen molar-refractivity contribution in [1.82, 2.24) is 5.32 Å². The lowest BCUT2D eigenvalue weighted by atomic mass is 9.84. The molecule has 4 heteroatoms. The van der Waals surface area contributed by atoms with Crippen molar-refractivity contribution in [2.75, 3.05) is 6.61 Å². The molecule has 29 heavy (non-hydrogen) atoms. The Morgan fingerprint density at radius 2 is 1.59 bits per heavy atom. The van der Waals surface area contributed by atoms with Gasteiger partial charge in [0.05, 0.1) is 6.61 Å². The SMILES string of the molecule is CC(C)(C)NC(=O)OCC[C@@H](c1ccc2ccccc2c1)[C@H](N)c1ccccc1. The van der Waals surface area contributed by atoms with E-state index in [1.54, 1.807) is 0 Å². The summed E-state index contributed by atoms with van der Waals surface area (Å²) >= 11 is 0. The standard InChI is InChI=1S/C25H30N2O2/c1-25(2,3)27-24(28)29-16-15-22(23(26)19-10-5-4-6-11-19)21-14-13-18-9-7-8-12-20(18)17-21/h4-14,17,22-23H,15-16,26H2,1-3H3,(H,27,28)/t22-,23+/m0/s1. The predicted molar refractivity (Wildman–Crippen MR) is 119 cm³/mol. The second kappa shape index (κ2) is 9.10. The summed E-state index contributed by atoms with van der Waals surface area (Å²) in [6.45, 7) is 6.09. The molecule has 0 fully saturated rings. The Balaban J connectivity index is 1.80. The van der Waals surface area contributed by atoms with E-state index in [1.807, 2.05) is 63.2 Å². The molecule has 2 atom stereocenters. The summed E-state index contributed by atoms with van der Waals surface area (Å²) < 4.78 is 5.44. The van der Waals surface area contributed by atoms with Crippen molar-refractivity contribution in [3.05, 3.63) is 83.9 Å². The summed E-state index contributed by atoms with van der Waals surface area (Å²) in [5.74, 6) is 0.0319. The maximum absolute atomic E-state index is 12.0. The first kappa shape index (κ1) is 20.9. The number of nitrogens with one attached hydrogen (secondary N) is 1. The molecule has 0 saturated heterocycles. The average Bonchev–Trinajstić information content (AvgIpc) is 2.70. The van der Waals surface area contributed by atoms with Gasteiger partial charge in [-0.1, -0.05) is 72.8 Å². The number of hydrogen-bond donors (Lipinski definition) is 2. The van der Waals surface area contributed by atoms with Crippen LogP contribution >= 0.6 is 0 Å². The smallest absolute Gasteiger partial charge is 0.407 e. The molecule has 1 amide bonds. The highest BCUT2D eigenvalue weighted by atomic mass is 16.5. The van der Waals surface area contributed by atoms with Crippen molar-refractivity contribution in [2.45, 2.75) is 44.7 Å². The van der Waals surface area contributed by atoms with Crippen LogP contribution in [0.15, 0.2) is 72.8 Å². The second-order valence-corrected chi connectivity index (χ2v) is 8.45. The summed E-state index contributed by atoms with van der Waals surface area (Å²) in [6.07, 6.45) is 0.245. The zero-order valence-corrected chi connectivity index (χ0v) is 17.4. The highest BCUT2D eigenvalue weighted by Gasteiger charge is 2.23. The first-order valence-electron chi connectivity index (χ1n) is 10.1. The number of fused-ring (bicyclic) bond motifs is 1. The Labute approximate surface area is 173 Å². The fraction of sp³-hybridized carbons (Fsp3) is 0.320. The number of benzene rings is 3. The second-order valence-electron chi connectivity index (χ2n) is 8.45. The fourth-order valence-electron chi connectivity index (χ4n) is 3.52. The Hall–Kier alpha value is -2.85. The molecular weight excluding hydrogens is 360 g/mol. The third-order valence-electron chi connectivity index (χ3n) is 4.96. The molecule has 0 saturated carbocycles. The Morgan fingerprint density at radius 1 is 0.931 bits per heavy atom. The van der Waals surface area contributed by atoms with Crippen LogP contribution in [0.2, 0.25) is 0 Å². The third kappa shape index (κ3) is 5.81. The molecule has 3 rings (SSSR count). The van der Waals surface area contributed by atoms with E-state index in [9.17, 15) is 4.79 Å². The number of amides is 1. The zero-order valence-electron chi connectivity index (χ0n) is 17.4. The van der Waals surface area contributed by atoms with Crippen LogP contribution < -0.4 is 11.1 Å². The van der Waals surface area contributed by atoms with Gasteiger partial charge in [0.15, 0.2) is 0 Å². The monoisotopic (exact) mass is 390 g/mol. The van der Waals surface area contributed by atoms with Gasteiger partial charge < -0.3 is 15.8 Å². The van der Waals surface area contributed by atoms with Crippen molar-refractivity contribution < 1.29 is 9.53 Å². The van der Waals surface area contributed by atoms with Crippen LogP contribution in [0.1, 0.15) is 50.3 Å². The van der Waals surface area contributed by atoms with Gasteiger partial charge in [-0.25, -0.2) is 4.79 Å². The van der Waals surface area contributed by atoms with Crippen molar-refractivity contribution in [1.29, 1.82) is 0 Å². The Morgan fingerprint density at radius 3 is 2.28 bits per heavy atom. The topological polar surface area (TPSA) is 64.3 Å². The number of rotatable bonds is 6. The molecule has 0 aliphatic heterocycles. The van der Waals surface area contributed by atoms with E-state index < -0.39 is 6.09 Å². The molecule has 0 heterocycles. The van der Waals surface area contributed by atoms with Gasteiger partial charge in [-0.05, 0) is 49.1 Å². The van der Waals surface area contributed by atoms with E-state index in [0.717, 1.165) is 11.1 Å². The van der Waals surface area contributed by atoms with E-state index in [4.69, 9.17) is 10.5 Å². The highest BCUT2D eigenvalue weighted by Crippen LogP contribution is 2.33. The van der Waals surface area contributed by atoms with Crippen LogP contribution in [0.4, 0.5) is 4.79 Å². The molecule has 0 aromatic heterocycles. The minimum atomic E-state index is -0.400. The van der Waals surface area contributed by atoms with Crippen LogP contribution in [-0.2, 0) is 4.74 Å². The predicted octanol–water partition coefficient (Wildman–Crippen LogP) is 5.54. The molecule has 4 nitrogen and oxygen atoms in total. The van der Waals surface area contributed by atoms with E-state index in [0.29, 0.717) is 13.0 Å². The van der Waals surface area contributed by atoms with Crippen LogP contribution in [-0.4, -0.2) is 18.2 Å². The molecule has 0 aliphatic carbocycles. The van der Waals surface area contributed by atoms with Crippen molar-refractivity contribution in [2.24, 2.45) is 5.73 Å². The summed E-state index contributed by atoms with van der Waals surface area (Å²) in [7, 11) is 0. The van der Waals surface area contributed by atoms with E-state index in [2.05, 4.69) is 35.6 Å². The normalized spacial score (nSPS) is 13.7. The lowest BCUT2D eigenvalue weighted by Gasteiger charge is -2.26. The molecule has 0 bridgehead atoms. The van der Waals surface area contributed by atoms with Crippen molar-refractivity contribution >= 4 is 16.9 Å². The van der Waals surface area contributed by atoms with Gasteiger partial charge in [0.2, 0.25) is 0 Å². The van der Waals surface area contributed by atoms with Gasteiger partial charge in [0, 0.05) is 17.5 Å². The fourth-order valence-corrected chi connectivity index (χ4v) is 3.52. The number of ether oxygens (including phenoxy) is 1. The Bertz CT molecular complexity index is 948. The van der Waals surface area contributed by atoms with E-state index in [1.165, 1.54) is 10.8 Å². The molecule has 3 aromatic rings. The first-order valence-corrected chi connectivity index (χ1v) is 10.1. The van der Waals surface area contributed by atoms with Crippen LogP contribution in [0.3, 0.4) is 0 Å². The van der Waals surface area contributed by atoms with Crippen LogP contribution in [0.5, 0.6) is 0 Å². The summed E-state index contributed by atoms with van der Waals surface area (Å²) in [5.41, 5.74) is 8.58. The minimum absolute atomic E-state index is 0.0319. The van der Waals surface area contributed by atoms with Gasteiger partial charge in [-0.2, -0.15) is 0 Å². The first-order chi connectivity index (χ1) is 13.8. The van der Waals surface area contributed by atoms with Crippen molar-refractivity contribution in [3.63, 3.8) is 0 Å². The third-order valence-corrected chi connectivity index (χ3v) is 4.96. The van der Waals surface area contributed by atoms with Crippen LogP contribution in [0, 0.1) is 0 Å². The van der Waals surface area contributed by atoms with E-state index >= 15 is 0 Å². The summed E-state index contributed by atoms with van der Waals surface area (Å²) in [4.78, 5) is 12.0. The average molecular weight is 391 g/mol. The molecule has 0 unspecified atom stereocenters. The number of hydrogen-bond acceptors (Lipinski definition) is 3. The van der Waals surface area contributed by atoms with Gasteiger partial charge in [-0.15, -0.1) is 0 Å². The largest absolute Gasteiger partial charge is 0.450 e. The number of carbonyl (C=O) groups is 1. The lowest BCUT2D eigenvalue weighted by molar-refractivity contribution is 0.133. The maximum Gasteiger partial charge on any atom is 0.407 e. The van der Waals surface area contributed by atoms with Gasteiger partial charge >= 0.3 is 6.09 Å². The molecule has 152 valence electrons. The minimum Gasteiger partial charge on any atom is -0.450 e. The highest BCUT2D eigenvalue weighted by molar-refractivity contribution is 5.83. The van der Waals surface area contributed by atoms with Gasteiger partial charge in [-0.3, -0.25) is 0 Å². The molecule has 0 spiro atoms. The summed E-state index contributed by atoms with van der Waals surface area (Å²) in [6, 6.07) is 24.6. The number of carbonyl (C=O) groups excluding carboxylic acids is 1. The van der Waals surface area contributed by atoms with Gasteiger partial charge in [0.25, 0.3) is 0 Å². The molecule has 3 aromatic carbocycles.